The van der Waals surface area contributed by atoms with Gasteiger partial charge in [0.25, 0.3) is 0 Å². The van der Waals surface area contributed by atoms with Gasteiger partial charge in [-0.3, -0.25) is 0 Å². The summed E-state index contributed by atoms with van der Waals surface area (Å²) < 4.78 is 7.97. The topological polar surface area (TPSA) is 52.0 Å². The molecule has 1 saturated carbocycles. The van der Waals surface area contributed by atoms with Crippen LogP contribution in [0.5, 0.6) is 0 Å². The van der Waals surface area contributed by atoms with Crippen LogP contribution in [0, 0.1) is 6.92 Å². The zero-order chi connectivity index (χ0) is 12.5. The summed E-state index contributed by atoms with van der Waals surface area (Å²) in [6, 6.07) is 0.974. The maximum Gasteiger partial charge on any atom is 0.140 e. The summed E-state index contributed by atoms with van der Waals surface area (Å²) in [6.45, 7) is 3.60. The standard InChI is InChI=1S/C13H22N4O/c1-9-15-16-13(11-7-18-8-12(11)14-2)17(9)10-5-3-4-6-10/h10-12,14H,3-8H2,1-2H3. The molecule has 0 radical (unpaired) electrons. The van der Waals surface area contributed by atoms with E-state index in [0.29, 0.717) is 18.0 Å². The molecular formula is C13H22N4O. The number of hydrogen-bond donors (Lipinski definition) is 1. The number of aromatic nitrogens is 3. The van der Waals surface area contributed by atoms with E-state index in [-0.39, 0.29) is 0 Å². The predicted octanol–water partition coefficient (Wildman–Crippen LogP) is 1.40. The third-order valence-electron chi connectivity index (χ3n) is 4.37. The molecule has 2 unspecified atom stereocenters. The summed E-state index contributed by atoms with van der Waals surface area (Å²) in [5, 5.41) is 12.1. The molecule has 2 heterocycles. The van der Waals surface area contributed by atoms with Crippen molar-refractivity contribution in [2.45, 2.75) is 50.6 Å². The number of aryl methyl sites for hydroxylation is 1. The summed E-state index contributed by atoms with van der Waals surface area (Å²) in [5.74, 6) is 2.52. The van der Waals surface area contributed by atoms with Gasteiger partial charge in [0.05, 0.1) is 19.1 Å². The van der Waals surface area contributed by atoms with E-state index >= 15 is 0 Å². The second kappa shape index (κ2) is 4.97. The lowest BCUT2D eigenvalue weighted by Gasteiger charge is -2.21. The van der Waals surface area contributed by atoms with E-state index in [1.165, 1.54) is 25.7 Å². The van der Waals surface area contributed by atoms with Crippen LogP contribution < -0.4 is 5.32 Å². The smallest absolute Gasteiger partial charge is 0.140 e. The second-order valence-electron chi connectivity index (χ2n) is 5.45. The third kappa shape index (κ3) is 1.95. The Kier molecular flexibility index (Phi) is 3.35. The van der Waals surface area contributed by atoms with Crippen LogP contribution >= 0.6 is 0 Å². The van der Waals surface area contributed by atoms with E-state index in [1.54, 1.807) is 0 Å². The zero-order valence-corrected chi connectivity index (χ0v) is 11.2. The van der Waals surface area contributed by atoms with Crippen LogP contribution in [0.25, 0.3) is 0 Å². The molecule has 18 heavy (non-hydrogen) atoms. The number of hydrogen-bond acceptors (Lipinski definition) is 4. The average Bonchev–Trinajstić information content (AvgIpc) is 3.07. The monoisotopic (exact) mass is 250 g/mol. The highest BCUT2D eigenvalue weighted by Gasteiger charge is 2.34. The first-order valence-corrected chi connectivity index (χ1v) is 6.97. The first-order valence-electron chi connectivity index (χ1n) is 6.97. The predicted molar refractivity (Wildman–Crippen MR) is 68.7 cm³/mol. The zero-order valence-electron chi connectivity index (χ0n) is 11.2. The Morgan fingerprint density at radius 1 is 1.22 bits per heavy atom. The molecule has 100 valence electrons. The average molecular weight is 250 g/mol. The van der Waals surface area contributed by atoms with E-state index in [2.05, 4.69) is 27.0 Å². The highest BCUT2D eigenvalue weighted by atomic mass is 16.5. The van der Waals surface area contributed by atoms with Gasteiger partial charge in [-0.05, 0) is 26.8 Å². The lowest BCUT2D eigenvalue weighted by Crippen LogP contribution is -2.33. The molecular weight excluding hydrogens is 228 g/mol. The van der Waals surface area contributed by atoms with E-state index < -0.39 is 0 Å². The van der Waals surface area contributed by atoms with Crippen molar-refractivity contribution in [2.75, 3.05) is 20.3 Å². The van der Waals surface area contributed by atoms with Crippen molar-refractivity contribution in [1.82, 2.24) is 20.1 Å². The maximum atomic E-state index is 5.60. The molecule has 1 saturated heterocycles. The Bertz CT molecular complexity index is 411. The van der Waals surface area contributed by atoms with Gasteiger partial charge < -0.3 is 14.6 Å². The minimum atomic E-state index is 0.344. The lowest BCUT2D eigenvalue weighted by atomic mass is 10.0. The molecule has 2 atom stereocenters. The summed E-state index contributed by atoms with van der Waals surface area (Å²) in [5.41, 5.74) is 0. The highest BCUT2D eigenvalue weighted by molar-refractivity contribution is 5.09. The summed E-state index contributed by atoms with van der Waals surface area (Å²) in [4.78, 5) is 0. The van der Waals surface area contributed by atoms with Gasteiger partial charge in [0, 0.05) is 12.1 Å². The number of nitrogens with zero attached hydrogens (tertiary/aromatic N) is 3. The van der Waals surface area contributed by atoms with Crippen molar-refractivity contribution in [3.63, 3.8) is 0 Å². The molecule has 0 amide bonds. The molecule has 2 fully saturated rings. The van der Waals surface area contributed by atoms with Gasteiger partial charge in [0.1, 0.15) is 11.6 Å². The Hall–Kier alpha value is -0.940. The molecule has 1 aliphatic carbocycles. The molecule has 3 rings (SSSR count). The molecule has 0 aromatic carbocycles. The fourth-order valence-electron chi connectivity index (χ4n) is 3.35. The fourth-order valence-corrected chi connectivity index (χ4v) is 3.35. The summed E-state index contributed by atoms with van der Waals surface area (Å²) in [6.07, 6.45) is 5.20. The molecule has 1 aromatic rings. The van der Waals surface area contributed by atoms with Gasteiger partial charge in [0.15, 0.2) is 0 Å². The number of rotatable bonds is 3. The SMILES string of the molecule is CNC1COCC1c1nnc(C)n1C1CCCC1. The summed E-state index contributed by atoms with van der Waals surface area (Å²) >= 11 is 0. The lowest BCUT2D eigenvalue weighted by molar-refractivity contribution is 0.187. The molecule has 1 aliphatic heterocycles. The van der Waals surface area contributed by atoms with Gasteiger partial charge in [0.2, 0.25) is 0 Å². The third-order valence-corrected chi connectivity index (χ3v) is 4.37. The Morgan fingerprint density at radius 2 is 2.00 bits per heavy atom. The first-order chi connectivity index (χ1) is 8.81. The van der Waals surface area contributed by atoms with Crippen molar-refractivity contribution in [3.8, 4) is 0 Å². The second-order valence-corrected chi connectivity index (χ2v) is 5.45. The van der Waals surface area contributed by atoms with Gasteiger partial charge in [-0.25, -0.2) is 0 Å². The van der Waals surface area contributed by atoms with E-state index in [0.717, 1.165) is 24.9 Å². The van der Waals surface area contributed by atoms with E-state index in [9.17, 15) is 0 Å². The summed E-state index contributed by atoms with van der Waals surface area (Å²) in [7, 11) is 2.00. The maximum absolute atomic E-state index is 5.60. The Morgan fingerprint density at radius 3 is 2.72 bits per heavy atom. The van der Waals surface area contributed by atoms with Gasteiger partial charge in [-0.1, -0.05) is 12.8 Å². The largest absolute Gasteiger partial charge is 0.379 e. The van der Waals surface area contributed by atoms with Crippen LogP contribution in [0.3, 0.4) is 0 Å². The van der Waals surface area contributed by atoms with Gasteiger partial charge >= 0.3 is 0 Å². The quantitative estimate of drug-likeness (QED) is 0.881. The van der Waals surface area contributed by atoms with Crippen molar-refractivity contribution in [1.29, 1.82) is 0 Å². The number of nitrogens with one attached hydrogen (secondary N) is 1. The van der Waals surface area contributed by atoms with Gasteiger partial charge in [-0.15, -0.1) is 10.2 Å². The van der Waals surface area contributed by atoms with Crippen LogP contribution in [-0.4, -0.2) is 41.1 Å². The molecule has 1 aromatic heterocycles. The molecule has 5 nitrogen and oxygen atoms in total. The molecule has 0 bridgehead atoms. The Labute approximate surface area is 108 Å². The molecule has 0 spiro atoms. The van der Waals surface area contributed by atoms with E-state index in [1.807, 2.05) is 7.05 Å². The van der Waals surface area contributed by atoms with Crippen molar-refractivity contribution in [3.05, 3.63) is 11.6 Å². The van der Waals surface area contributed by atoms with Crippen LogP contribution in [-0.2, 0) is 4.74 Å². The van der Waals surface area contributed by atoms with E-state index in [4.69, 9.17) is 4.74 Å². The number of likely N-dealkylation sites (N-methyl/N-ethyl adjacent to an activating group) is 1. The van der Waals surface area contributed by atoms with Crippen LogP contribution in [0.15, 0.2) is 0 Å². The fraction of sp³-hybridized carbons (Fsp3) is 0.846. The number of ether oxygens (including phenoxy) is 1. The van der Waals surface area contributed by atoms with Crippen molar-refractivity contribution < 1.29 is 4.74 Å². The highest BCUT2D eigenvalue weighted by Crippen LogP contribution is 2.34. The molecule has 1 N–H and O–H groups in total. The van der Waals surface area contributed by atoms with Crippen molar-refractivity contribution >= 4 is 0 Å². The molecule has 5 heteroatoms. The minimum absolute atomic E-state index is 0.344. The van der Waals surface area contributed by atoms with Crippen LogP contribution in [0.4, 0.5) is 0 Å². The Balaban J connectivity index is 1.91. The van der Waals surface area contributed by atoms with Gasteiger partial charge in [-0.2, -0.15) is 0 Å². The first kappa shape index (κ1) is 12.1. The normalized spacial score (nSPS) is 29.2. The van der Waals surface area contributed by atoms with Crippen LogP contribution in [0.2, 0.25) is 0 Å². The van der Waals surface area contributed by atoms with Crippen molar-refractivity contribution in [2.24, 2.45) is 0 Å². The molecule has 2 aliphatic rings. The minimum Gasteiger partial charge on any atom is -0.379 e. The van der Waals surface area contributed by atoms with Crippen LogP contribution in [0.1, 0.15) is 49.3 Å².